The minimum absolute atomic E-state index is 0.0925. The van der Waals surface area contributed by atoms with Gasteiger partial charge in [0.25, 0.3) is 0 Å². The van der Waals surface area contributed by atoms with Crippen molar-refractivity contribution in [1.82, 2.24) is 4.98 Å². The van der Waals surface area contributed by atoms with E-state index in [0.29, 0.717) is 12.0 Å². The number of carbonyl (C=O) groups is 1. The van der Waals surface area contributed by atoms with Gasteiger partial charge in [-0.15, -0.1) is 0 Å². The molecule has 0 saturated heterocycles. The monoisotopic (exact) mass is 256 g/mol. The molecule has 98 valence electrons. The van der Waals surface area contributed by atoms with Crippen molar-refractivity contribution in [3.63, 3.8) is 0 Å². The van der Waals surface area contributed by atoms with Crippen LogP contribution in [-0.4, -0.2) is 22.1 Å². The Morgan fingerprint density at radius 2 is 2.26 bits per heavy atom. The number of anilines is 1. The number of nitrogens with one attached hydrogen (secondary N) is 1. The van der Waals surface area contributed by atoms with Crippen LogP contribution in [-0.2, 0) is 0 Å². The fourth-order valence-electron chi connectivity index (χ4n) is 2.48. The molecular formula is C15H16N2O2. The molecule has 1 saturated carbocycles. The molecule has 0 bridgehead atoms. The Morgan fingerprint density at radius 3 is 2.95 bits per heavy atom. The van der Waals surface area contributed by atoms with Crippen LogP contribution in [0, 0.1) is 5.92 Å². The Labute approximate surface area is 111 Å². The second kappa shape index (κ2) is 4.53. The quantitative estimate of drug-likeness (QED) is 0.882. The van der Waals surface area contributed by atoms with Gasteiger partial charge in [0.05, 0.1) is 5.52 Å². The fourth-order valence-corrected chi connectivity index (χ4v) is 2.48. The topological polar surface area (TPSA) is 62.2 Å². The van der Waals surface area contributed by atoms with Gasteiger partial charge in [0.1, 0.15) is 0 Å². The van der Waals surface area contributed by atoms with Crippen LogP contribution in [0.25, 0.3) is 10.9 Å². The summed E-state index contributed by atoms with van der Waals surface area (Å²) in [7, 11) is 0. The third-order valence-electron chi connectivity index (χ3n) is 3.72. The summed E-state index contributed by atoms with van der Waals surface area (Å²) >= 11 is 0. The maximum atomic E-state index is 11.1. The largest absolute Gasteiger partial charge is 0.477 e. The first kappa shape index (κ1) is 12.0. The molecule has 19 heavy (non-hydrogen) atoms. The van der Waals surface area contributed by atoms with Crippen molar-refractivity contribution in [1.29, 1.82) is 0 Å². The number of nitrogens with zero attached hydrogens (tertiary/aromatic N) is 1. The van der Waals surface area contributed by atoms with E-state index in [9.17, 15) is 4.79 Å². The number of fused-ring (bicyclic) bond motifs is 1. The highest BCUT2D eigenvalue weighted by molar-refractivity contribution is 5.97. The van der Waals surface area contributed by atoms with Crippen LogP contribution in [0.15, 0.2) is 30.3 Å². The Kier molecular flexibility index (Phi) is 2.85. The highest BCUT2D eigenvalue weighted by Crippen LogP contribution is 2.37. The molecule has 1 aromatic heterocycles. The second-order valence-corrected chi connectivity index (χ2v) is 5.03. The summed E-state index contributed by atoms with van der Waals surface area (Å²) in [5, 5.41) is 13.6. The van der Waals surface area contributed by atoms with E-state index in [0.717, 1.165) is 29.4 Å². The van der Waals surface area contributed by atoms with Crippen molar-refractivity contribution in [2.75, 3.05) is 5.32 Å². The Morgan fingerprint density at radius 1 is 1.47 bits per heavy atom. The minimum atomic E-state index is -0.989. The third-order valence-corrected chi connectivity index (χ3v) is 3.72. The predicted octanol–water partition coefficient (Wildman–Crippen LogP) is 3.14. The van der Waals surface area contributed by atoms with Crippen LogP contribution in [0.3, 0.4) is 0 Å². The second-order valence-electron chi connectivity index (χ2n) is 5.03. The van der Waals surface area contributed by atoms with Crippen LogP contribution >= 0.6 is 0 Å². The predicted molar refractivity (Wildman–Crippen MR) is 74.5 cm³/mol. The van der Waals surface area contributed by atoms with Crippen molar-refractivity contribution in [3.05, 3.63) is 36.0 Å². The zero-order valence-corrected chi connectivity index (χ0v) is 10.8. The number of carboxylic acids is 1. The molecule has 1 aliphatic carbocycles. The van der Waals surface area contributed by atoms with Gasteiger partial charge in [-0.2, -0.15) is 0 Å². The summed E-state index contributed by atoms with van der Waals surface area (Å²) in [6, 6.07) is 9.74. The third kappa shape index (κ3) is 2.26. The lowest BCUT2D eigenvalue weighted by Gasteiger charge is -2.10. The number of rotatable bonds is 4. The van der Waals surface area contributed by atoms with Crippen LogP contribution in [0.5, 0.6) is 0 Å². The van der Waals surface area contributed by atoms with Crippen LogP contribution in [0.1, 0.15) is 30.3 Å². The molecule has 0 amide bonds. The molecular weight excluding hydrogens is 240 g/mol. The molecule has 0 spiro atoms. The molecule has 2 atom stereocenters. The van der Waals surface area contributed by atoms with Gasteiger partial charge in [-0.05, 0) is 24.5 Å². The van der Waals surface area contributed by atoms with E-state index >= 15 is 0 Å². The zero-order valence-electron chi connectivity index (χ0n) is 10.8. The number of benzene rings is 1. The normalized spacial score (nSPS) is 21.3. The first-order valence-electron chi connectivity index (χ1n) is 6.58. The van der Waals surface area contributed by atoms with E-state index in [2.05, 4.69) is 17.2 Å². The fraction of sp³-hybridized carbons (Fsp3) is 0.333. The first-order chi connectivity index (χ1) is 9.19. The van der Waals surface area contributed by atoms with Gasteiger partial charge < -0.3 is 10.4 Å². The summed E-state index contributed by atoms with van der Waals surface area (Å²) in [4.78, 5) is 15.3. The number of para-hydroxylation sites is 1. The molecule has 4 heteroatoms. The van der Waals surface area contributed by atoms with E-state index in [1.807, 2.05) is 24.3 Å². The van der Waals surface area contributed by atoms with Gasteiger partial charge in [0.15, 0.2) is 5.69 Å². The number of carboxylic acid groups (broad SMARTS) is 1. The number of aromatic nitrogens is 1. The number of hydrogen-bond donors (Lipinski definition) is 2. The van der Waals surface area contributed by atoms with E-state index in [1.165, 1.54) is 0 Å². The lowest BCUT2D eigenvalue weighted by Crippen LogP contribution is -2.08. The average Bonchev–Trinajstić information content (AvgIpc) is 3.17. The van der Waals surface area contributed by atoms with Gasteiger partial charge in [0, 0.05) is 17.1 Å². The highest BCUT2D eigenvalue weighted by Gasteiger charge is 2.35. The molecule has 3 rings (SSSR count). The van der Waals surface area contributed by atoms with Crippen LogP contribution in [0.4, 0.5) is 5.69 Å². The van der Waals surface area contributed by atoms with Crippen molar-refractivity contribution in [2.24, 2.45) is 5.92 Å². The van der Waals surface area contributed by atoms with E-state index in [1.54, 1.807) is 6.07 Å². The van der Waals surface area contributed by atoms with Gasteiger partial charge in [-0.25, -0.2) is 9.78 Å². The molecule has 1 heterocycles. The van der Waals surface area contributed by atoms with Gasteiger partial charge >= 0.3 is 5.97 Å². The molecule has 1 fully saturated rings. The van der Waals surface area contributed by atoms with E-state index in [-0.39, 0.29) is 5.69 Å². The zero-order chi connectivity index (χ0) is 13.4. The molecule has 0 aliphatic heterocycles. The van der Waals surface area contributed by atoms with Crippen molar-refractivity contribution < 1.29 is 9.90 Å². The molecule has 1 aliphatic rings. The van der Waals surface area contributed by atoms with E-state index in [4.69, 9.17) is 5.11 Å². The lowest BCUT2D eigenvalue weighted by molar-refractivity contribution is 0.0691. The van der Waals surface area contributed by atoms with Crippen molar-refractivity contribution in [3.8, 4) is 0 Å². The number of hydrogen-bond acceptors (Lipinski definition) is 3. The van der Waals surface area contributed by atoms with Gasteiger partial charge in [-0.3, -0.25) is 0 Å². The maximum Gasteiger partial charge on any atom is 0.354 e. The molecule has 0 radical (unpaired) electrons. The van der Waals surface area contributed by atoms with Crippen molar-refractivity contribution >= 4 is 22.6 Å². The lowest BCUT2D eigenvalue weighted by atomic mass is 10.1. The Balaban J connectivity index is 2.02. The first-order valence-corrected chi connectivity index (χ1v) is 6.58. The summed E-state index contributed by atoms with van der Waals surface area (Å²) < 4.78 is 0. The Hall–Kier alpha value is -2.10. The SMILES string of the molecule is CCC1CC1Nc1cc(C(=O)O)nc2ccccc12. The summed E-state index contributed by atoms with van der Waals surface area (Å²) in [6.07, 6.45) is 2.32. The smallest absolute Gasteiger partial charge is 0.354 e. The summed E-state index contributed by atoms with van der Waals surface area (Å²) in [5.41, 5.74) is 1.69. The van der Waals surface area contributed by atoms with E-state index < -0.39 is 5.97 Å². The molecule has 1 aromatic carbocycles. The van der Waals surface area contributed by atoms with Crippen molar-refractivity contribution in [2.45, 2.75) is 25.8 Å². The molecule has 2 aromatic rings. The minimum Gasteiger partial charge on any atom is -0.477 e. The Bertz CT molecular complexity index is 639. The standard InChI is InChI=1S/C15H16N2O2/c1-2-9-7-12(9)17-13-8-14(15(18)19)16-11-6-4-3-5-10(11)13/h3-6,8-9,12H,2,7H2,1H3,(H,16,17)(H,18,19). The van der Waals surface area contributed by atoms with Gasteiger partial charge in [-0.1, -0.05) is 31.5 Å². The summed E-state index contributed by atoms with van der Waals surface area (Å²) in [6.45, 7) is 2.18. The van der Waals surface area contributed by atoms with Crippen LogP contribution < -0.4 is 5.32 Å². The average molecular weight is 256 g/mol. The number of aromatic carboxylic acids is 1. The van der Waals surface area contributed by atoms with Crippen LogP contribution in [0.2, 0.25) is 0 Å². The summed E-state index contributed by atoms with van der Waals surface area (Å²) in [5.74, 6) is -0.281. The molecule has 4 nitrogen and oxygen atoms in total. The van der Waals surface area contributed by atoms with Gasteiger partial charge in [0.2, 0.25) is 0 Å². The highest BCUT2D eigenvalue weighted by atomic mass is 16.4. The molecule has 2 unspecified atom stereocenters. The number of pyridine rings is 1. The molecule has 2 N–H and O–H groups in total. The maximum absolute atomic E-state index is 11.1.